The van der Waals surface area contributed by atoms with Crippen LogP contribution >= 0.6 is 11.6 Å². The zero-order valence-corrected chi connectivity index (χ0v) is 19.5. The molecule has 1 saturated heterocycles. The molecule has 170 valence electrons. The van der Waals surface area contributed by atoms with Crippen molar-refractivity contribution in [3.05, 3.63) is 63.2 Å². The lowest BCUT2D eigenvalue weighted by molar-refractivity contribution is 0.0406. The van der Waals surface area contributed by atoms with Gasteiger partial charge in [-0.3, -0.25) is 9.59 Å². The number of amides is 2. The van der Waals surface area contributed by atoms with Crippen molar-refractivity contribution in [2.75, 3.05) is 26.8 Å². The number of carbonyl (C=O) groups is 2. The van der Waals surface area contributed by atoms with Crippen LogP contribution in [0.1, 0.15) is 57.2 Å². The number of hydrogen-bond donors (Lipinski definition) is 1. The van der Waals surface area contributed by atoms with Crippen LogP contribution in [-0.2, 0) is 11.2 Å². The molecule has 32 heavy (non-hydrogen) atoms. The summed E-state index contributed by atoms with van der Waals surface area (Å²) in [5.74, 6) is 0.275. The van der Waals surface area contributed by atoms with E-state index in [0.29, 0.717) is 41.5 Å². The first kappa shape index (κ1) is 22.6. The van der Waals surface area contributed by atoms with Gasteiger partial charge >= 0.3 is 0 Å². The molecule has 1 unspecified atom stereocenters. The Morgan fingerprint density at radius 3 is 2.69 bits per heavy atom. The van der Waals surface area contributed by atoms with Gasteiger partial charge in [-0.05, 0) is 68.0 Å². The smallest absolute Gasteiger partial charge is 0.258 e. The molecule has 2 aromatic carbocycles. The SMILES string of the molecule is CNC(=O)c1ccc(Cc2cc3c(c(Cl)c2C)OC[C@@H](C)N(CC2CCCO2)C3=O)cc1. The first-order chi connectivity index (χ1) is 15.4. The van der Waals surface area contributed by atoms with Gasteiger partial charge in [-0.25, -0.2) is 0 Å². The Labute approximate surface area is 193 Å². The monoisotopic (exact) mass is 456 g/mol. The fourth-order valence-corrected chi connectivity index (χ4v) is 4.60. The Balaban J connectivity index is 1.64. The largest absolute Gasteiger partial charge is 0.489 e. The highest BCUT2D eigenvalue weighted by molar-refractivity contribution is 6.33. The zero-order chi connectivity index (χ0) is 22.8. The number of fused-ring (bicyclic) bond motifs is 1. The normalized spacial score (nSPS) is 20.5. The fraction of sp³-hybridized carbons (Fsp3) is 0.440. The predicted molar refractivity (Wildman–Crippen MR) is 124 cm³/mol. The van der Waals surface area contributed by atoms with E-state index in [1.54, 1.807) is 19.2 Å². The summed E-state index contributed by atoms with van der Waals surface area (Å²) in [5, 5.41) is 3.11. The van der Waals surface area contributed by atoms with Crippen LogP contribution in [0.15, 0.2) is 30.3 Å². The van der Waals surface area contributed by atoms with Crippen LogP contribution in [0, 0.1) is 6.92 Å². The van der Waals surface area contributed by atoms with Gasteiger partial charge in [-0.1, -0.05) is 23.7 Å². The van der Waals surface area contributed by atoms with Crippen LogP contribution in [0.25, 0.3) is 0 Å². The molecule has 0 saturated carbocycles. The van der Waals surface area contributed by atoms with Crippen LogP contribution in [0.4, 0.5) is 0 Å². The molecule has 0 aliphatic carbocycles. The molecule has 2 atom stereocenters. The summed E-state index contributed by atoms with van der Waals surface area (Å²) in [4.78, 5) is 27.2. The molecule has 0 bridgehead atoms. The molecule has 6 nitrogen and oxygen atoms in total. The minimum atomic E-state index is -0.121. The van der Waals surface area contributed by atoms with Crippen molar-refractivity contribution in [3.63, 3.8) is 0 Å². The summed E-state index contributed by atoms with van der Waals surface area (Å²) in [6.07, 6.45) is 2.67. The van der Waals surface area contributed by atoms with Gasteiger partial charge in [0.1, 0.15) is 6.61 Å². The summed E-state index contributed by atoms with van der Waals surface area (Å²) >= 11 is 6.70. The Morgan fingerprint density at radius 2 is 2.03 bits per heavy atom. The molecule has 2 amide bonds. The first-order valence-electron chi connectivity index (χ1n) is 11.1. The Morgan fingerprint density at radius 1 is 1.28 bits per heavy atom. The summed E-state index contributed by atoms with van der Waals surface area (Å²) in [5.41, 5.74) is 4.00. The van der Waals surface area contributed by atoms with Crippen LogP contribution in [0.3, 0.4) is 0 Å². The summed E-state index contributed by atoms with van der Waals surface area (Å²) in [6.45, 7) is 5.65. The van der Waals surface area contributed by atoms with Crippen molar-refractivity contribution in [2.24, 2.45) is 0 Å². The number of ether oxygens (including phenoxy) is 2. The maximum atomic E-state index is 13.5. The number of halogens is 1. The van der Waals surface area contributed by atoms with Gasteiger partial charge in [-0.15, -0.1) is 0 Å². The van der Waals surface area contributed by atoms with Crippen LogP contribution in [-0.4, -0.2) is 55.7 Å². The lowest BCUT2D eigenvalue weighted by Gasteiger charge is -2.28. The molecule has 7 heteroatoms. The van der Waals surface area contributed by atoms with E-state index in [-0.39, 0.29) is 24.0 Å². The lowest BCUT2D eigenvalue weighted by atomic mass is 9.96. The van der Waals surface area contributed by atoms with Crippen LogP contribution < -0.4 is 10.1 Å². The Bertz CT molecular complexity index is 1020. The van der Waals surface area contributed by atoms with Gasteiger partial charge in [0.05, 0.1) is 22.7 Å². The molecule has 0 spiro atoms. The average molecular weight is 457 g/mol. The maximum absolute atomic E-state index is 13.5. The van der Waals surface area contributed by atoms with Crippen molar-refractivity contribution in [3.8, 4) is 5.75 Å². The molecule has 4 rings (SSSR count). The van der Waals surface area contributed by atoms with Gasteiger partial charge in [-0.2, -0.15) is 0 Å². The van der Waals surface area contributed by atoms with E-state index in [1.807, 2.05) is 36.9 Å². The van der Waals surface area contributed by atoms with Gasteiger partial charge in [0.2, 0.25) is 0 Å². The standard InChI is InChI=1S/C25H29ClN2O4/c1-15-14-32-23-21(25(30)28(15)13-20-5-4-10-31-20)12-19(16(2)22(23)26)11-17-6-8-18(9-7-17)24(29)27-3/h6-9,12,15,20H,4-5,10-11,13-14H2,1-3H3,(H,27,29)/t15-,20?/m1/s1. The quantitative estimate of drug-likeness (QED) is 0.738. The average Bonchev–Trinajstić information content (AvgIpc) is 3.28. The van der Waals surface area contributed by atoms with Crippen LogP contribution in [0.5, 0.6) is 5.75 Å². The number of benzene rings is 2. The molecular formula is C25H29ClN2O4. The highest BCUT2D eigenvalue weighted by Gasteiger charge is 2.33. The minimum absolute atomic E-state index is 0.0707. The van der Waals surface area contributed by atoms with Gasteiger partial charge in [0, 0.05) is 25.8 Å². The van der Waals surface area contributed by atoms with E-state index >= 15 is 0 Å². The van der Waals surface area contributed by atoms with Crippen molar-refractivity contribution in [1.29, 1.82) is 0 Å². The minimum Gasteiger partial charge on any atom is -0.489 e. The number of hydrogen-bond acceptors (Lipinski definition) is 4. The molecule has 0 aromatic heterocycles. The van der Waals surface area contributed by atoms with Crippen molar-refractivity contribution in [2.45, 2.75) is 45.3 Å². The third-order valence-corrected chi connectivity index (χ3v) is 6.78. The summed E-state index contributed by atoms with van der Waals surface area (Å²) < 4.78 is 11.8. The molecule has 1 fully saturated rings. The van der Waals surface area contributed by atoms with Gasteiger partial charge in [0.15, 0.2) is 5.75 Å². The summed E-state index contributed by atoms with van der Waals surface area (Å²) in [6, 6.07) is 9.28. The zero-order valence-electron chi connectivity index (χ0n) is 18.7. The van der Waals surface area contributed by atoms with E-state index < -0.39 is 0 Å². The van der Waals surface area contributed by atoms with E-state index in [0.717, 1.165) is 36.1 Å². The van der Waals surface area contributed by atoms with E-state index in [1.165, 1.54) is 0 Å². The predicted octanol–water partition coefficient (Wildman–Crippen LogP) is 4.00. The lowest BCUT2D eigenvalue weighted by Crippen LogP contribution is -2.44. The molecule has 2 aliphatic rings. The number of nitrogens with one attached hydrogen (secondary N) is 1. The molecular weight excluding hydrogens is 428 g/mol. The number of rotatable bonds is 5. The second kappa shape index (κ2) is 9.51. The molecule has 2 aliphatic heterocycles. The van der Waals surface area contributed by atoms with Crippen molar-refractivity contribution < 1.29 is 19.1 Å². The molecule has 2 heterocycles. The van der Waals surface area contributed by atoms with Gasteiger partial charge < -0.3 is 19.7 Å². The Kier molecular flexibility index (Phi) is 6.72. The van der Waals surface area contributed by atoms with E-state index in [4.69, 9.17) is 21.1 Å². The molecule has 1 N–H and O–H groups in total. The Hall–Kier alpha value is -2.57. The summed E-state index contributed by atoms with van der Waals surface area (Å²) in [7, 11) is 1.61. The van der Waals surface area contributed by atoms with E-state index in [9.17, 15) is 9.59 Å². The molecule has 2 aromatic rings. The van der Waals surface area contributed by atoms with Crippen LogP contribution in [0.2, 0.25) is 5.02 Å². The second-order valence-corrected chi connectivity index (χ2v) is 8.93. The molecule has 0 radical (unpaired) electrons. The number of nitrogens with zero attached hydrogens (tertiary/aromatic N) is 1. The highest BCUT2D eigenvalue weighted by Crippen LogP contribution is 2.38. The van der Waals surface area contributed by atoms with E-state index in [2.05, 4.69) is 5.32 Å². The maximum Gasteiger partial charge on any atom is 0.258 e. The van der Waals surface area contributed by atoms with Crippen molar-refractivity contribution in [1.82, 2.24) is 10.2 Å². The van der Waals surface area contributed by atoms with Gasteiger partial charge in [0.25, 0.3) is 11.8 Å². The fourth-order valence-electron chi connectivity index (χ4n) is 4.32. The first-order valence-corrected chi connectivity index (χ1v) is 11.4. The number of carbonyl (C=O) groups excluding carboxylic acids is 2. The topological polar surface area (TPSA) is 67.9 Å². The third-order valence-electron chi connectivity index (χ3n) is 6.33. The third kappa shape index (κ3) is 4.48. The highest BCUT2D eigenvalue weighted by atomic mass is 35.5. The van der Waals surface area contributed by atoms with Crippen molar-refractivity contribution >= 4 is 23.4 Å². The second-order valence-electron chi connectivity index (χ2n) is 8.56.